The van der Waals surface area contributed by atoms with Crippen molar-refractivity contribution in [2.45, 2.75) is 6.92 Å². The third kappa shape index (κ3) is 3.65. The van der Waals surface area contributed by atoms with Gasteiger partial charge in [-0.3, -0.25) is 9.78 Å². The summed E-state index contributed by atoms with van der Waals surface area (Å²) in [5.41, 5.74) is 1.96. The van der Waals surface area contributed by atoms with Gasteiger partial charge in [-0.25, -0.2) is 4.39 Å². The molecule has 0 saturated heterocycles. The van der Waals surface area contributed by atoms with Gasteiger partial charge in [0.1, 0.15) is 6.61 Å². The third-order valence-electron chi connectivity index (χ3n) is 2.82. The topological polar surface area (TPSA) is 62.2 Å². The Morgan fingerprint density at radius 3 is 2.95 bits per heavy atom. The second kappa shape index (κ2) is 6.64. The second-order valence-electron chi connectivity index (χ2n) is 4.30. The molecule has 1 heterocycles. The number of pyridine rings is 1. The van der Waals surface area contributed by atoms with Crippen LogP contribution in [-0.4, -0.2) is 22.6 Å². The van der Waals surface area contributed by atoms with Gasteiger partial charge in [-0.1, -0.05) is 17.9 Å². The number of benzene rings is 1. The van der Waals surface area contributed by atoms with Crippen LogP contribution in [0, 0.1) is 24.6 Å². The first-order valence-corrected chi connectivity index (χ1v) is 6.23. The molecule has 0 atom stereocenters. The molecule has 21 heavy (non-hydrogen) atoms. The highest BCUT2D eigenvalue weighted by Crippen LogP contribution is 2.15. The van der Waals surface area contributed by atoms with Gasteiger partial charge in [-0.15, -0.1) is 0 Å². The Morgan fingerprint density at radius 2 is 2.24 bits per heavy atom. The number of amides is 1. The maximum absolute atomic E-state index is 13.4. The van der Waals surface area contributed by atoms with E-state index < -0.39 is 11.7 Å². The van der Waals surface area contributed by atoms with Crippen molar-refractivity contribution in [3.05, 3.63) is 59.2 Å². The molecule has 0 aliphatic carbocycles. The number of carbonyl (C=O) groups is 1. The number of rotatable bonds is 2. The fourth-order valence-electron chi connectivity index (χ4n) is 1.70. The van der Waals surface area contributed by atoms with E-state index in [4.69, 9.17) is 5.11 Å². The van der Waals surface area contributed by atoms with E-state index in [-0.39, 0.29) is 12.3 Å². The number of aliphatic hydroxyl groups is 1. The van der Waals surface area contributed by atoms with Crippen LogP contribution in [0.25, 0.3) is 0 Å². The first-order valence-electron chi connectivity index (χ1n) is 6.23. The summed E-state index contributed by atoms with van der Waals surface area (Å²) < 4.78 is 13.4. The van der Waals surface area contributed by atoms with E-state index in [0.717, 1.165) is 11.8 Å². The van der Waals surface area contributed by atoms with E-state index >= 15 is 0 Å². The minimum Gasteiger partial charge on any atom is -0.384 e. The Bertz CT molecular complexity index is 733. The van der Waals surface area contributed by atoms with Crippen molar-refractivity contribution in [1.82, 2.24) is 4.98 Å². The molecule has 0 radical (unpaired) electrons. The zero-order valence-electron chi connectivity index (χ0n) is 11.4. The molecule has 2 rings (SSSR count). The van der Waals surface area contributed by atoms with Crippen LogP contribution in [0.1, 0.15) is 21.5 Å². The van der Waals surface area contributed by atoms with Gasteiger partial charge in [-0.05, 0) is 30.7 Å². The molecule has 0 spiro atoms. The van der Waals surface area contributed by atoms with Crippen molar-refractivity contribution in [1.29, 1.82) is 0 Å². The molecule has 1 aromatic carbocycles. The molecule has 106 valence electrons. The predicted molar refractivity (Wildman–Crippen MR) is 77.3 cm³/mol. The summed E-state index contributed by atoms with van der Waals surface area (Å²) in [5.74, 6) is 4.27. The standard InChI is InChI=1S/C16H13FN2O2/c1-11-4-5-13(9-12(11)3-2-8-20)16(21)19-15-6-7-18-10-14(15)17/h4-7,9-10,20H,8H2,1H3,(H,18,19,21). The maximum Gasteiger partial charge on any atom is 0.255 e. The van der Waals surface area contributed by atoms with Crippen LogP contribution in [-0.2, 0) is 0 Å². The maximum atomic E-state index is 13.4. The van der Waals surface area contributed by atoms with E-state index in [1.807, 2.05) is 6.92 Å². The Kier molecular flexibility index (Phi) is 4.64. The number of hydrogen-bond acceptors (Lipinski definition) is 3. The Morgan fingerprint density at radius 1 is 1.43 bits per heavy atom. The van der Waals surface area contributed by atoms with Gasteiger partial charge in [0.15, 0.2) is 5.82 Å². The lowest BCUT2D eigenvalue weighted by molar-refractivity contribution is 0.102. The summed E-state index contributed by atoms with van der Waals surface area (Å²) in [6.45, 7) is 1.60. The Balaban J connectivity index is 2.26. The van der Waals surface area contributed by atoms with Gasteiger partial charge in [0.25, 0.3) is 5.91 Å². The minimum atomic E-state index is -0.599. The van der Waals surface area contributed by atoms with E-state index in [2.05, 4.69) is 22.1 Å². The van der Waals surface area contributed by atoms with Crippen LogP contribution in [0.4, 0.5) is 10.1 Å². The number of hydrogen-bond donors (Lipinski definition) is 2. The lowest BCUT2D eigenvalue weighted by atomic mass is 10.0. The molecule has 2 N–H and O–H groups in total. The fourth-order valence-corrected chi connectivity index (χ4v) is 1.70. The average molecular weight is 284 g/mol. The van der Waals surface area contributed by atoms with Gasteiger partial charge >= 0.3 is 0 Å². The number of nitrogens with zero attached hydrogens (tertiary/aromatic N) is 1. The molecule has 4 nitrogen and oxygen atoms in total. The number of anilines is 1. The number of aromatic nitrogens is 1. The number of nitrogens with one attached hydrogen (secondary N) is 1. The van der Waals surface area contributed by atoms with Crippen molar-refractivity contribution in [3.63, 3.8) is 0 Å². The van der Waals surface area contributed by atoms with E-state index in [1.165, 1.54) is 12.3 Å². The van der Waals surface area contributed by atoms with Crippen LogP contribution in [0.15, 0.2) is 36.7 Å². The zero-order valence-corrected chi connectivity index (χ0v) is 11.4. The first-order chi connectivity index (χ1) is 10.1. The molecule has 1 amide bonds. The summed E-state index contributed by atoms with van der Waals surface area (Å²) in [5, 5.41) is 11.2. The molecule has 0 aliphatic rings. The normalized spacial score (nSPS) is 9.67. The van der Waals surface area contributed by atoms with Crippen molar-refractivity contribution >= 4 is 11.6 Å². The van der Waals surface area contributed by atoms with Crippen molar-refractivity contribution in [2.24, 2.45) is 0 Å². The van der Waals surface area contributed by atoms with Crippen LogP contribution in [0.2, 0.25) is 0 Å². The van der Waals surface area contributed by atoms with E-state index in [1.54, 1.807) is 18.2 Å². The highest BCUT2D eigenvalue weighted by molar-refractivity contribution is 6.04. The first kappa shape index (κ1) is 14.7. The number of halogens is 1. The molecule has 0 aliphatic heterocycles. The highest BCUT2D eigenvalue weighted by atomic mass is 19.1. The number of aryl methyl sites for hydroxylation is 1. The molecular weight excluding hydrogens is 271 g/mol. The minimum absolute atomic E-state index is 0.0681. The lowest BCUT2D eigenvalue weighted by Crippen LogP contribution is -2.13. The van der Waals surface area contributed by atoms with Crippen LogP contribution >= 0.6 is 0 Å². The fraction of sp³-hybridized carbons (Fsp3) is 0.125. The zero-order chi connectivity index (χ0) is 15.2. The second-order valence-corrected chi connectivity index (χ2v) is 4.30. The van der Waals surface area contributed by atoms with Crippen LogP contribution < -0.4 is 5.32 Å². The molecule has 5 heteroatoms. The van der Waals surface area contributed by atoms with E-state index in [0.29, 0.717) is 11.1 Å². The Hall–Kier alpha value is -2.71. The molecule has 0 saturated carbocycles. The summed E-state index contributed by atoms with van der Waals surface area (Å²) in [6, 6.07) is 6.37. The summed E-state index contributed by atoms with van der Waals surface area (Å²) >= 11 is 0. The van der Waals surface area contributed by atoms with Crippen molar-refractivity contribution in [3.8, 4) is 11.8 Å². The molecule has 1 aromatic heterocycles. The van der Waals surface area contributed by atoms with Crippen LogP contribution in [0.3, 0.4) is 0 Å². The van der Waals surface area contributed by atoms with Gasteiger partial charge in [-0.2, -0.15) is 0 Å². The largest absolute Gasteiger partial charge is 0.384 e. The average Bonchev–Trinajstić information content (AvgIpc) is 2.48. The van der Waals surface area contributed by atoms with Crippen molar-refractivity contribution in [2.75, 3.05) is 11.9 Å². The summed E-state index contributed by atoms with van der Waals surface area (Å²) in [4.78, 5) is 15.7. The van der Waals surface area contributed by atoms with Gasteiger partial charge in [0.2, 0.25) is 0 Å². The van der Waals surface area contributed by atoms with Gasteiger partial charge in [0, 0.05) is 17.3 Å². The molecule has 0 bridgehead atoms. The lowest BCUT2D eigenvalue weighted by Gasteiger charge is -2.07. The third-order valence-corrected chi connectivity index (χ3v) is 2.82. The number of aliphatic hydroxyl groups excluding tert-OH is 1. The molecule has 0 unspecified atom stereocenters. The molecule has 0 fully saturated rings. The summed E-state index contributed by atoms with van der Waals surface area (Å²) in [6.07, 6.45) is 2.43. The molecular formula is C16H13FN2O2. The van der Waals surface area contributed by atoms with Crippen LogP contribution in [0.5, 0.6) is 0 Å². The smallest absolute Gasteiger partial charge is 0.255 e. The number of carbonyl (C=O) groups excluding carboxylic acids is 1. The quantitative estimate of drug-likeness (QED) is 0.830. The molecule has 2 aromatic rings. The summed E-state index contributed by atoms with van der Waals surface area (Å²) in [7, 11) is 0. The van der Waals surface area contributed by atoms with Gasteiger partial charge in [0.05, 0.1) is 11.9 Å². The highest BCUT2D eigenvalue weighted by Gasteiger charge is 2.10. The monoisotopic (exact) mass is 284 g/mol. The van der Waals surface area contributed by atoms with Gasteiger partial charge < -0.3 is 10.4 Å². The van der Waals surface area contributed by atoms with E-state index in [9.17, 15) is 9.18 Å². The predicted octanol–water partition coefficient (Wildman–Crippen LogP) is 2.13. The van der Waals surface area contributed by atoms with Crippen molar-refractivity contribution < 1.29 is 14.3 Å². The Labute approximate surface area is 121 Å². The SMILES string of the molecule is Cc1ccc(C(=O)Nc2ccncc2F)cc1C#CCO.